The van der Waals surface area contributed by atoms with Crippen LogP contribution in [0.5, 0.6) is 0 Å². The molecule has 3 rings (SSSR count). The molecule has 2 atom stereocenters. The van der Waals surface area contributed by atoms with Crippen LogP contribution in [0.1, 0.15) is 54.9 Å². The summed E-state index contributed by atoms with van der Waals surface area (Å²) in [6, 6.07) is 9.48. The molecule has 1 aliphatic heterocycles. The van der Waals surface area contributed by atoms with Crippen molar-refractivity contribution in [2.75, 3.05) is 6.61 Å². The third-order valence-corrected chi connectivity index (χ3v) is 6.07. The first kappa shape index (κ1) is 20.5. The van der Waals surface area contributed by atoms with Gasteiger partial charge in [0.15, 0.2) is 6.61 Å². The highest BCUT2D eigenvalue weighted by Crippen LogP contribution is 2.27. The van der Waals surface area contributed by atoms with E-state index in [1.165, 1.54) is 11.8 Å². The normalized spacial score (nSPS) is 19.5. The van der Waals surface area contributed by atoms with Gasteiger partial charge < -0.3 is 14.2 Å². The Balaban J connectivity index is 1.60. The van der Waals surface area contributed by atoms with Gasteiger partial charge in [0.25, 0.3) is 5.91 Å². The fraction of sp³-hybridized carbons (Fsp3) is 0.476. The molecule has 1 aliphatic rings. The summed E-state index contributed by atoms with van der Waals surface area (Å²) in [5.41, 5.74) is 1.27. The molecule has 150 valence electrons. The number of nitrogens with zero attached hydrogens (tertiary/aromatic N) is 2. The zero-order chi connectivity index (χ0) is 20.1. The standard InChI is InChI=1S/C21H26N2O4S/c1-14-7-6-8-15(2)23(14)20(24)12-26-21(25)18-9-4-5-10-19(18)28-13-17-11-16(3)27-22-17/h4-5,9-11,14-15H,6-8,12-13H2,1-3H3/t14-,15-/m1/s1. The van der Waals surface area contributed by atoms with Crippen LogP contribution in [0.3, 0.4) is 0 Å². The van der Waals surface area contributed by atoms with Gasteiger partial charge in [0, 0.05) is 28.8 Å². The molecule has 2 aromatic rings. The zero-order valence-corrected chi connectivity index (χ0v) is 17.3. The first-order valence-corrected chi connectivity index (χ1v) is 10.6. The summed E-state index contributed by atoms with van der Waals surface area (Å²) in [4.78, 5) is 27.8. The minimum Gasteiger partial charge on any atom is -0.452 e. The fourth-order valence-corrected chi connectivity index (χ4v) is 4.51. The Morgan fingerprint density at radius 1 is 1.25 bits per heavy atom. The average Bonchev–Trinajstić information content (AvgIpc) is 3.10. The third kappa shape index (κ3) is 4.95. The summed E-state index contributed by atoms with van der Waals surface area (Å²) in [5.74, 6) is 0.730. The van der Waals surface area contributed by atoms with Crippen LogP contribution in [0.4, 0.5) is 0 Å². The van der Waals surface area contributed by atoms with Crippen LogP contribution in [0.25, 0.3) is 0 Å². The van der Waals surface area contributed by atoms with Gasteiger partial charge in [-0.2, -0.15) is 0 Å². The molecule has 0 saturated carbocycles. The monoisotopic (exact) mass is 402 g/mol. The number of carbonyl (C=O) groups is 2. The number of aromatic nitrogens is 1. The van der Waals surface area contributed by atoms with E-state index in [4.69, 9.17) is 9.26 Å². The van der Waals surface area contributed by atoms with Gasteiger partial charge in [-0.15, -0.1) is 11.8 Å². The number of rotatable bonds is 6. The predicted molar refractivity (Wildman–Crippen MR) is 107 cm³/mol. The molecule has 1 amide bonds. The van der Waals surface area contributed by atoms with Gasteiger partial charge in [0.2, 0.25) is 0 Å². The SMILES string of the molecule is Cc1cc(CSc2ccccc2C(=O)OCC(=O)N2[C@H](C)CCC[C@H]2C)no1. The molecule has 28 heavy (non-hydrogen) atoms. The van der Waals surface area contributed by atoms with Crippen LogP contribution in [-0.2, 0) is 15.3 Å². The second-order valence-electron chi connectivity index (χ2n) is 7.22. The largest absolute Gasteiger partial charge is 0.452 e. The summed E-state index contributed by atoms with van der Waals surface area (Å²) in [6.07, 6.45) is 3.11. The number of amides is 1. The van der Waals surface area contributed by atoms with Crippen LogP contribution >= 0.6 is 11.8 Å². The molecule has 0 unspecified atom stereocenters. The van der Waals surface area contributed by atoms with Crippen molar-refractivity contribution in [1.82, 2.24) is 10.1 Å². The number of likely N-dealkylation sites (tertiary alicyclic amines) is 1. The van der Waals surface area contributed by atoms with E-state index >= 15 is 0 Å². The third-order valence-electron chi connectivity index (χ3n) is 4.97. The van der Waals surface area contributed by atoms with Crippen LogP contribution in [0.2, 0.25) is 0 Å². The Hall–Kier alpha value is -2.28. The number of thioether (sulfide) groups is 1. The van der Waals surface area contributed by atoms with Gasteiger partial charge in [-0.3, -0.25) is 4.79 Å². The van der Waals surface area contributed by atoms with E-state index in [-0.39, 0.29) is 24.6 Å². The van der Waals surface area contributed by atoms with E-state index in [1.54, 1.807) is 12.1 Å². The van der Waals surface area contributed by atoms with Gasteiger partial charge in [-0.25, -0.2) is 4.79 Å². The number of carbonyl (C=O) groups excluding carboxylic acids is 2. The number of aryl methyl sites for hydroxylation is 1. The summed E-state index contributed by atoms with van der Waals surface area (Å²) in [6.45, 7) is 5.71. The van der Waals surface area contributed by atoms with Crippen molar-refractivity contribution in [1.29, 1.82) is 0 Å². The highest BCUT2D eigenvalue weighted by molar-refractivity contribution is 7.98. The molecule has 1 saturated heterocycles. The van der Waals surface area contributed by atoms with Crippen LogP contribution in [-0.4, -0.2) is 40.6 Å². The molecule has 0 radical (unpaired) electrons. The van der Waals surface area contributed by atoms with E-state index in [0.717, 1.165) is 35.6 Å². The lowest BCUT2D eigenvalue weighted by atomic mass is 9.97. The molecule has 0 bridgehead atoms. The van der Waals surface area contributed by atoms with E-state index in [1.807, 2.05) is 43.9 Å². The fourth-order valence-electron chi connectivity index (χ4n) is 3.59. The maximum atomic E-state index is 12.6. The minimum absolute atomic E-state index is 0.128. The lowest BCUT2D eigenvalue weighted by Crippen LogP contribution is -2.49. The quantitative estimate of drug-likeness (QED) is 0.532. The molecule has 2 heterocycles. The number of benzene rings is 1. The molecule has 7 heteroatoms. The number of hydrogen-bond acceptors (Lipinski definition) is 6. The Labute approximate surface area is 169 Å². The van der Waals surface area contributed by atoms with Crippen molar-refractivity contribution in [2.45, 2.75) is 62.8 Å². The molecular formula is C21H26N2O4S. The number of piperidine rings is 1. The van der Waals surface area contributed by atoms with E-state index < -0.39 is 5.97 Å². The van der Waals surface area contributed by atoms with Gasteiger partial charge in [0.1, 0.15) is 5.76 Å². The Kier molecular flexibility index (Phi) is 6.78. The molecule has 1 fully saturated rings. The molecule has 6 nitrogen and oxygen atoms in total. The topological polar surface area (TPSA) is 72.6 Å². The predicted octanol–water partition coefficient (Wildman–Crippen LogP) is 4.22. The lowest BCUT2D eigenvalue weighted by molar-refractivity contribution is -0.140. The summed E-state index contributed by atoms with van der Waals surface area (Å²) in [7, 11) is 0. The number of hydrogen-bond donors (Lipinski definition) is 0. The molecule has 0 aliphatic carbocycles. The van der Waals surface area contributed by atoms with Crippen molar-refractivity contribution in [3.8, 4) is 0 Å². The minimum atomic E-state index is -0.481. The summed E-state index contributed by atoms with van der Waals surface area (Å²) < 4.78 is 10.4. The van der Waals surface area contributed by atoms with Gasteiger partial charge >= 0.3 is 5.97 Å². The maximum Gasteiger partial charge on any atom is 0.339 e. The van der Waals surface area contributed by atoms with E-state index in [0.29, 0.717) is 11.3 Å². The lowest BCUT2D eigenvalue weighted by Gasteiger charge is -2.38. The number of esters is 1. The first-order chi connectivity index (χ1) is 13.5. The van der Waals surface area contributed by atoms with Crippen molar-refractivity contribution < 1.29 is 18.8 Å². The van der Waals surface area contributed by atoms with Crippen LogP contribution in [0, 0.1) is 6.92 Å². The summed E-state index contributed by atoms with van der Waals surface area (Å²) >= 11 is 1.49. The maximum absolute atomic E-state index is 12.6. The van der Waals surface area contributed by atoms with Gasteiger partial charge in [-0.1, -0.05) is 17.3 Å². The molecule has 0 spiro atoms. The van der Waals surface area contributed by atoms with E-state index in [2.05, 4.69) is 5.16 Å². The van der Waals surface area contributed by atoms with Crippen LogP contribution in [0.15, 0.2) is 39.8 Å². The smallest absolute Gasteiger partial charge is 0.339 e. The van der Waals surface area contributed by atoms with Crippen molar-refractivity contribution in [3.63, 3.8) is 0 Å². The molecular weight excluding hydrogens is 376 g/mol. The van der Waals surface area contributed by atoms with Crippen LogP contribution < -0.4 is 0 Å². The Bertz CT molecular complexity index is 825. The molecule has 0 N–H and O–H groups in total. The van der Waals surface area contributed by atoms with Gasteiger partial charge in [-0.05, 0) is 52.2 Å². The second-order valence-corrected chi connectivity index (χ2v) is 8.24. The molecule has 1 aromatic heterocycles. The second kappa shape index (κ2) is 9.28. The average molecular weight is 403 g/mol. The Morgan fingerprint density at radius 2 is 1.96 bits per heavy atom. The summed E-state index contributed by atoms with van der Waals surface area (Å²) in [5, 5.41) is 3.97. The zero-order valence-electron chi connectivity index (χ0n) is 16.5. The van der Waals surface area contributed by atoms with Crippen molar-refractivity contribution in [3.05, 3.63) is 47.3 Å². The van der Waals surface area contributed by atoms with E-state index in [9.17, 15) is 9.59 Å². The van der Waals surface area contributed by atoms with Gasteiger partial charge in [0.05, 0.1) is 11.3 Å². The highest BCUT2D eigenvalue weighted by Gasteiger charge is 2.29. The van der Waals surface area contributed by atoms with Crippen molar-refractivity contribution in [2.24, 2.45) is 0 Å². The number of ether oxygens (including phenoxy) is 1. The molecule has 1 aromatic carbocycles. The first-order valence-electron chi connectivity index (χ1n) is 9.58. The van der Waals surface area contributed by atoms with Crippen molar-refractivity contribution >= 4 is 23.6 Å². The highest BCUT2D eigenvalue weighted by atomic mass is 32.2. The Morgan fingerprint density at radius 3 is 2.64 bits per heavy atom.